The fourth-order valence-corrected chi connectivity index (χ4v) is 3.85. The highest BCUT2D eigenvalue weighted by molar-refractivity contribution is 9.10. The molecule has 5 nitrogen and oxygen atoms in total. The number of sulfonamides is 1. The smallest absolute Gasteiger partial charge is 0.335 e. The largest absolute Gasteiger partial charge is 0.471 e. The Morgan fingerprint density at radius 2 is 1.70 bits per heavy atom. The lowest BCUT2D eigenvalue weighted by Crippen LogP contribution is -2.49. The van der Waals surface area contributed by atoms with Crippen LogP contribution in [0.5, 0.6) is 0 Å². The third-order valence-corrected chi connectivity index (χ3v) is 5.54. The number of amides is 1. The van der Waals surface area contributed by atoms with Gasteiger partial charge in [0.2, 0.25) is 10.0 Å². The highest BCUT2D eigenvalue weighted by atomic mass is 79.9. The fraction of sp³-hybridized carbons (Fsp3) is 0.462. The first-order valence-corrected chi connectivity index (χ1v) is 9.01. The molecule has 2 rings (SSSR count). The zero-order chi connectivity index (χ0) is 17.3. The Morgan fingerprint density at radius 1 is 1.17 bits per heavy atom. The van der Waals surface area contributed by atoms with E-state index >= 15 is 0 Å². The zero-order valence-electron chi connectivity index (χ0n) is 11.8. The first-order chi connectivity index (χ1) is 10.6. The molecule has 0 atom stereocenters. The molecule has 1 aromatic rings. The molecule has 23 heavy (non-hydrogen) atoms. The highest BCUT2D eigenvalue weighted by Crippen LogP contribution is 2.22. The average Bonchev–Trinajstić information content (AvgIpc) is 2.46. The maximum Gasteiger partial charge on any atom is 0.471 e. The number of benzene rings is 1. The highest BCUT2D eigenvalue weighted by Gasteiger charge is 2.43. The number of nitrogens with zero attached hydrogens (tertiary/aromatic N) is 1. The number of piperidine rings is 1. The van der Waals surface area contributed by atoms with Crippen LogP contribution in [-0.2, 0) is 14.8 Å². The van der Waals surface area contributed by atoms with E-state index in [1.807, 2.05) is 0 Å². The van der Waals surface area contributed by atoms with Gasteiger partial charge in [-0.3, -0.25) is 4.79 Å². The second-order valence-electron chi connectivity index (χ2n) is 5.14. The molecule has 1 heterocycles. The molecule has 10 heteroatoms. The number of rotatable bonds is 3. The van der Waals surface area contributed by atoms with Crippen LogP contribution in [0, 0.1) is 0 Å². The molecule has 1 fully saturated rings. The summed E-state index contributed by atoms with van der Waals surface area (Å²) in [5.74, 6) is -1.88. The Labute approximate surface area is 140 Å². The molecule has 0 unspecified atom stereocenters. The van der Waals surface area contributed by atoms with Crippen LogP contribution in [0.1, 0.15) is 12.8 Å². The Morgan fingerprint density at radius 3 is 2.17 bits per heavy atom. The lowest BCUT2D eigenvalue weighted by atomic mass is 10.1. The molecule has 1 aromatic carbocycles. The SMILES string of the molecule is O=C(N1CCC(NS(=O)(=O)c2ccc(Br)cc2)CC1)C(F)(F)F. The molecule has 0 radical (unpaired) electrons. The first-order valence-electron chi connectivity index (χ1n) is 6.73. The Kier molecular flexibility index (Phi) is 5.37. The van der Waals surface area contributed by atoms with Crippen LogP contribution in [-0.4, -0.2) is 44.5 Å². The van der Waals surface area contributed by atoms with E-state index in [1.54, 1.807) is 12.1 Å². The van der Waals surface area contributed by atoms with Crippen molar-refractivity contribution in [2.24, 2.45) is 0 Å². The van der Waals surface area contributed by atoms with Crippen molar-refractivity contribution in [1.82, 2.24) is 9.62 Å². The van der Waals surface area contributed by atoms with E-state index in [4.69, 9.17) is 0 Å². The van der Waals surface area contributed by atoms with Gasteiger partial charge in [-0.15, -0.1) is 0 Å². The van der Waals surface area contributed by atoms with Crippen LogP contribution in [0.2, 0.25) is 0 Å². The van der Waals surface area contributed by atoms with Crippen molar-refractivity contribution in [3.8, 4) is 0 Å². The van der Waals surface area contributed by atoms with Crippen LogP contribution in [0.4, 0.5) is 13.2 Å². The van der Waals surface area contributed by atoms with E-state index in [1.165, 1.54) is 12.1 Å². The van der Waals surface area contributed by atoms with Gasteiger partial charge in [-0.05, 0) is 37.1 Å². The number of alkyl halides is 3. The number of hydrogen-bond donors (Lipinski definition) is 1. The Hall–Kier alpha value is -1.13. The summed E-state index contributed by atoms with van der Waals surface area (Å²) in [5.41, 5.74) is 0. The van der Waals surface area contributed by atoms with Crippen LogP contribution in [0.3, 0.4) is 0 Å². The van der Waals surface area contributed by atoms with Gasteiger partial charge in [-0.25, -0.2) is 13.1 Å². The maximum absolute atomic E-state index is 12.3. The second kappa shape index (κ2) is 6.78. The monoisotopic (exact) mass is 414 g/mol. The number of hydrogen-bond acceptors (Lipinski definition) is 3. The molecule has 0 aliphatic carbocycles. The molecular weight excluding hydrogens is 401 g/mol. The standard InChI is InChI=1S/C13H14BrF3N2O3S/c14-9-1-3-11(4-2-9)23(21,22)18-10-5-7-19(8-6-10)12(20)13(15,16)17/h1-4,10,18H,5-8H2. The minimum absolute atomic E-state index is 0.0782. The number of nitrogens with one attached hydrogen (secondary N) is 1. The van der Waals surface area contributed by atoms with E-state index in [0.717, 1.165) is 4.47 Å². The van der Waals surface area contributed by atoms with Gasteiger partial charge >= 0.3 is 12.1 Å². The van der Waals surface area contributed by atoms with E-state index < -0.39 is 28.1 Å². The van der Waals surface area contributed by atoms with Gasteiger partial charge in [0.15, 0.2) is 0 Å². The minimum Gasteiger partial charge on any atom is -0.335 e. The maximum atomic E-state index is 12.3. The second-order valence-corrected chi connectivity index (χ2v) is 7.77. The van der Waals surface area contributed by atoms with Crippen molar-refractivity contribution in [2.45, 2.75) is 30.0 Å². The van der Waals surface area contributed by atoms with Crippen molar-refractivity contribution < 1.29 is 26.4 Å². The number of likely N-dealkylation sites (tertiary alicyclic amines) is 1. The van der Waals surface area contributed by atoms with Gasteiger partial charge in [0, 0.05) is 23.6 Å². The average molecular weight is 415 g/mol. The van der Waals surface area contributed by atoms with Crippen LogP contribution in [0.25, 0.3) is 0 Å². The summed E-state index contributed by atoms with van der Waals surface area (Å²) in [6.07, 6.45) is -4.63. The third-order valence-electron chi connectivity index (χ3n) is 3.47. The molecule has 0 spiro atoms. The third kappa shape index (κ3) is 4.67. The van der Waals surface area contributed by atoms with E-state index in [2.05, 4.69) is 20.7 Å². The number of halogens is 4. The molecule has 1 aliphatic rings. The number of carbonyl (C=O) groups excluding carboxylic acids is 1. The molecule has 128 valence electrons. The van der Waals surface area contributed by atoms with Crippen LogP contribution >= 0.6 is 15.9 Å². The van der Waals surface area contributed by atoms with Crippen molar-refractivity contribution in [1.29, 1.82) is 0 Å². The van der Waals surface area contributed by atoms with Gasteiger partial charge in [0.05, 0.1) is 4.90 Å². The van der Waals surface area contributed by atoms with E-state index in [9.17, 15) is 26.4 Å². The van der Waals surface area contributed by atoms with Crippen molar-refractivity contribution in [2.75, 3.05) is 13.1 Å². The molecule has 1 amide bonds. The van der Waals surface area contributed by atoms with Gasteiger partial charge in [-0.2, -0.15) is 13.2 Å². The van der Waals surface area contributed by atoms with Crippen molar-refractivity contribution >= 4 is 31.9 Å². The van der Waals surface area contributed by atoms with Gasteiger partial charge in [0.25, 0.3) is 0 Å². The lowest BCUT2D eigenvalue weighted by molar-refractivity contribution is -0.186. The molecule has 1 saturated heterocycles. The quantitative estimate of drug-likeness (QED) is 0.824. The van der Waals surface area contributed by atoms with Gasteiger partial charge in [-0.1, -0.05) is 15.9 Å². The number of carbonyl (C=O) groups is 1. The van der Waals surface area contributed by atoms with Crippen molar-refractivity contribution in [3.63, 3.8) is 0 Å². The van der Waals surface area contributed by atoms with E-state index in [-0.39, 0.29) is 30.8 Å². The normalized spacial score (nSPS) is 17.3. The van der Waals surface area contributed by atoms with Crippen LogP contribution in [0.15, 0.2) is 33.6 Å². The molecular formula is C13H14BrF3N2O3S. The minimum atomic E-state index is -4.90. The van der Waals surface area contributed by atoms with Crippen LogP contribution < -0.4 is 4.72 Å². The predicted molar refractivity (Wildman–Crippen MR) is 80.1 cm³/mol. The summed E-state index contributed by atoms with van der Waals surface area (Å²) in [5, 5.41) is 0. The molecule has 0 saturated carbocycles. The Balaban J connectivity index is 1.96. The molecule has 1 N–H and O–H groups in total. The molecule has 0 aromatic heterocycles. The predicted octanol–water partition coefficient (Wildman–Crippen LogP) is 2.28. The first kappa shape index (κ1) is 18.2. The van der Waals surface area contributed by atoms with Crippen molar-refractivity contribution in [3.05, 3.63) is 28.7 Å². The van der Waals surface area contributed by atoms with Gasteiger partial charge in [0.1, 0.15) is 0 Å². The summed E-state index contributed by atoms with van der Waals surface area (Å²) in [4.78, 5) is 11.9. The van der Waals surface area contributed by atoms with Gasteiger partial charge < -0.3 is 4.90 Å². The fourth-order valence-electron chi connectivity index (χ4n) is 2.28. The molecule has 0 bridgehead atoms. The molecule has 1 aliphatic heterocycles. The summed E-state index contributed by atoms with van der Waals surface area (Å²) < 4.78 is 64.6. The zero-order valence-corrected chi connectivity index (χ0v) is 14.2. The summed E-state index contributed by atoms with van der Waals surface area (Å²) >= 11 is 3.20. The lowest BCUT2D eigenvalue weighted by Gasteiger charge is -2.32. The van der Waals surface area contributed by atoms with E-state index in [0.29, 0.717) is 4.90 Å². The summed E-state index contributed by atoms with van der Waals surface area (Å²) in [6, 6.07) is 5.52. The topological polar surface area (TPSA) is 66.5 Å². The Bertz CT molecular complexity index is 669. The summed E-state index contributed by atoms with van der Waals surface area (Å²) in [7, 11) is -3.74. The summed E-state index contributed by atoms with van der Waals surface area (Å²) in [6.45, 7) is -0.266.